The summed E-state index contributed by atoms with van der Waals surface area (Å²) in [5.41, 5.74) is 0. The molecule has 0 aliphatic carbocycles. The molecule has 6 heteroatoms. The molecule has 0 radical (unpaired) electrons. The van der Waals surface area contributed by atoms with Gasteiger partial charge in [-0.2, -0.15) is 0 Å². The van der Waals surface area contributed by atoms with E-state index < -0.39 is 11.9 Å². The highest BCUT2D eigenvalue weighted by Gasteiger charge is 2.18. The van der Waals surface area contributed by atoms with Crippen molar-refractivity contribution in [1.29, 1.82) is 0 Å². The van der Waals surface area contributed by atoms with E-state index in [2.05, 4.69) is 15.5 Å². The summed E-state index contributed by atoms with van der Waals surface area (Å²) in [6.45, 7) is 7.16. The van der Waals surface area contributed by atoms with Gasteiger partial charge in [-0.1, -0.05) is 19.8 Å². The van der Waals surface area contributed by atoms with Gasteiger partial charge in [-0.15, -0.1) is 0 Å². The lowest BCUT2D eigenvalue weighted by atomic mass is 10.0. The van der Waals surface area contributed by atoms with Crippen molar-refractivity contribution in [2.24, 2.45) is 5.92 Å². The summed E-state index contributed by atoms with van der Waals surface area (Å²) in [4.78, 5) is 25.2. The maximum atomic E-state index is 11.8. The Balaban J connectivity index is 2.23. The van der Waals surface area contributed by atoms with Crippen molar-refractivity contribution >= 4 is 12.0 Å². The van der Waals surface area contributed by atoms with Gasteiger partial charge in [0.2, 0.25) is 0 Å². The molecule has 6 nitrogen and oxygen atoms in total. The van der Waals surface area contributed by atoms with Gasteiger partial charge in [0.25, 0.3) is 0 Å². The van der Waals surface area contributed by atoms with Crippen molar-refractivity contribution in [1.82, 2.24) is 15.5 Å². The fraction of sp³-hybridized carbons (Fsp3) is 0.867. The van der Waals surface area contributed by atoms with E-state index in [4.69, 9.17) is 5.11 Å². The third kappa shape index (κ3) is 7.32. The number of carboxylic acids is 1. The topological polar surface area (TPSA) is 81.7 Å². The Hall–Kier alpha value is -1.30. The van der Waals surface area contributed by atoms with E-state index >= 15 is 0 Å². The molecule has 1 aliphatic rings. The fourth-order valence-electron chi connectivity index (χ4n) is 2.73. The lowest BCUT2D eigenvalue weighted by Gasteiger charge is -2.29. The molecule has 2 unspecified atom stereocenters. The molecule has 1 aliphatic heterocycles. The van der Waals surface area contributed by atoms with Crippen LogP contribution in [0.15, 0.2) is 0 Å². The number of carbonyl (C=O) groups excluding carboxylic acids is 1. The van der Waals surface area contributed by atoms with Crippen molar-refractivity contribution in [3.63, 3.8) is 0 Å². The van der Waals surface area contributed by atoms with Crippen molar-refractivity contribution in [3.8, 4) is 0 Å². The third-order valence-corrected chi connectivity index (χ3v) is 3.85. The van der Waals surface area contributed by atoms with Gasteiger partial charge in [0.1, 0.15) is 0 Å². The number of rotatable bonds is 8. The number of nitrogens with one attached hydrogen (secondary N) is 2. The van der Waals surface area contributed by atoms with E-state index in [9.17, 15) is 9.59 Å². The zero-order valence-electron chi connectivity index (χ0n) is 13.2. The first-order valence-electron chi connectivity index (χ1n) is 8.02. The Morgan fingerprint density at radius 3 is 2.48 bits per heavy atom. The summed E-state index contributed by atoms with van der Waals surface area (Å²) in [6.07, 6.45) is 5.14. The third-order valence-electron chi connectivity index (χ3n) is 3.85. The lowest BCUT2D eigenvalue weighted by Crippen LogP contribution is -2.48. The Morgan fingerprint density at radius 2 is 1.90 bits per heavy atom. The zero-order chi connectivity index (χ0) is 15.7. The van der Waals surface area contributed by atoms with Crippen LogP contribution in [0.3, 0.4) is 0 Å². The first-order valence-corrected chi connectivity index (χ1v) is 8.02. The molecule has 2 atom stereocenters. The van der Waals surface area contributed by atoms with Crippen LogP contribution in [0.1, 0.15) is 46.0 Å². The highest BCUT2D eigenvalue weighted by molar-refractivity contribution is 5.76. The number of carbonyl (C=O) groups is 2. The number of nitrogens with zero attached hydrogens (tertiary/aromatic N) is 1. The van der Waals surface area contributed by atoms with Crippen LogP contribution in [-0.4, -0.2) is 54.2 Å². The number of hydrogen-bond donors (Lipinski definition) is 3. The quantitative estimate of drug-likeness (QED) is 0.636. The Kier molecular flexibility index (Phi) is 8.12. The summed E-state index contributed by atoms with van der Waals surface area (Å²) in [5.74, 6) is -1.35. The zero-order valence-corrected chi connectivity index (χ0v) is 13.2. The molecule has 1 rings (SSSR count). The first kappa shape index (κ1) is 17.8. The molecule has 21 heavy (non-hydrogen) atoms. The highest BCUT2D eigenvalue weighted by atomic mass is 16.4. The second-order valence-electron chi connectivity index (χ2n) is 5.94. The van der Waals surface area contributed by atoms with Crippen molar-refractivity contribution < 1.29 is 14.7 Å². The number of likely N-dealkylation sites (tertiary alicyclic amines) is 1. The molecular weight excluding hydrogens is 270 g/mol. The van der Waals surface area contributed by atoms with Crippen LogP contribution in [0.2, 0.25) is 0 Å². The maximum absolute atomic E-state index is 11.8. The second kappa shape index (κ2) is 9.60. The monoisotopic (exact) mass is 299 g/mol. The summed E-state index contributed by atoms with van der Waals surface area (Å²) in [7, 11) is 0. The molecule has 3 N–H and O–H groups in total. The van der Waals surface area contributed by atoms with Crippen LogP contribution in [0, 0.1) is 5.92 Å². The fourth-order valence-corrected chi connectivity index (χ4v) is 2.73. The molecule has 0 aromatic carbocycles. The van der Waals surface area contributed by atoms with Gasteiger partial charge in [-0.3, -0.25) is 4.79 Å². The number of amides is 2. The van der Waals surface area contributed by atoms with Gasteiger partial charge in [0, 0.05) is 19.1 Å². The first-order chi connectivity index (χ1) is 10.0. The molecule has 0 aromatic heterocycles. The predicted molar refractivity (Wildman–Crippen MR) is 82.3 cm³/mol. The molecule has 1 saturated heterocycles. The molecule has 2 amide bonds. The van der Waals surface area contributed by atoms with Gasteiger partial charge in [0.15, 0.2) is 0 Å². The summed E-state index contributed by atoms with van der Waals surface area (Å²) in [5, 5.41) is 14.6. The van der Waals surface area contributed by atoms with Crippen molar-refractivity contribution in [3.05, 3.63) is 0 Å². The lowest BCUT2D eigenvalue weighted by molar-refractivity contribution is -0.141. The summed E-state index contributed by atoms with van der Waals surface area (Å²) >= 11 is 0. The number of carboxylic acid groups (broad SMARTS) is 1. The molecular formula is C15H29N3O3. The van der Waals surface area contributed by atoms with Crippen LogP contribution in [-0.2, 0) is 4.79 Å². The summed E-state index contributed by atoms with van der Waals surface area (Å²) < 4.78 is 0. The normalized spacial score (nSPS) is 18.8. The van der Waals surface area contributed by atoms with Gasteiger partial charge < -0.3 is 20.6 Å². The number of piperidine rings is 1. The maximum Gasteiger partial charge on any atom is 0.315 e. The van der Waals surface area contributed by atoms with E-state index in [0.717, 1.165) is 26.1 Å². The standard InChI is InChI=1S/C15H29N3O3/c1-3-7-13(14(19)20)10-16-15(21)17-12(2)11-18-8-5-4-6-9-18/h12-13H,3-11H2,1-2H3,(H,19,20)(H2,16,17,21). The molecule has 0 saturated carbocycles. The number of urea groups is 1. The molecule has 0 spiro atoms. The van der Waals surface area contributed by atoms with Gasteiger partial charge in [-0.05, 0) is 39.3 Å². The Labute approximate surface area is 127 Å². The van der Waals surface area contributed by atoms with Crippen molar-refractivity contribution in [2.45, 2.75) is 52.0 Å². The van der Waals surface area contributed by atoms with Gasteiger partial charge >= 0.3 is 12.0 Å². The molecule has 0 aromatic rings. The number of aliphatic carboxylic acids is 1. The number of hydrogen-bond acceptors (Lipinski definition) is 3. The van der Waals surface area contributed by atoms with Crippen LogP contribution in [0.25, 0.3) is 0 Å². The van der Waals surface area contributed by atoms with Gasteiger partial charge in [0.05, 0.1) is 5.92 Å². The SMILES string of the molecule is CCCC(CNC(=O)NC(C)CN1CCCCC1)C(=O)O. The Bertz CT molecular complexity index is 330. The smallest absolute Gasteiger partial charge is 0.315 e. The van der Waals surface area contributed by atoms with Crippen LogP contribution in [0.4, 0.5) is 4.79 Å². The van der Waals surface area contributed by atoms with E-state index in [1.807, 2.05) is 13.8 Å². The van der Waals surface area contributed by atoms with Gasteiger partial charge in [-0.25, -0.2) is 4.79 Å². The van der Waals surface area contributed by atoms with E-state index in [0.29, 0.717) is 6.42 Å². The molecule has 1 fully saturated rings. The van der Waals surface area contributed by atoms with E-state index in [-0.39, 0.29) is 18.6 Å². The van der Waals surface area contributed by atoms with Crippen LogP contribution < -0.4 is 10.6 Å². The molecule has 122 valence electrons. The second-order valence-corrected chi connectivity index (χ2v) is 5.94. The Morgan fingerprint density at radius 1 is 1.24 bits per heavy atom. The average Bonchev–Trinajstić information content (AvgIpc) is 2.44. The summed E-state index contributed by atoms with van der Waals surface area (Å²) in [6, 6.07) is -0.209. The van der Waals surface area contributed by atoms with Crippen molar-refractivity contribution in [2.75, 3.05) is 26.2 Å². The van der Waals surface area contributed by atoms with E-state index in [1.54, 1.807) is 0 Å². The minimum absolute atomic E-state index is 0.0672. The highest BCUT2D eigenvalue weighted by Crippen LogP contribution is 2.08. The minimum atomic E-state index is -0.849. The predicted octanol–water partition coefficient (Wildman–Crippen LogP) is 1.66. The molecule has 0 bridgehead atoms. The largest absolute Gasteiger partial charge is 0.481 e. The van der Waals surface area contributed by atoms with E-state index in [1.165, 1.54) is 19.3 Å². The van der Waals surface area contributed by atoms with Crippen LogP contribution >= 0.6 is 0 Å². The average molecular weight is 299 g/mol. The molecule has 1 heterocycles. The minimum Gasteiger partial charge on any atom is -0.481 e. The van der Waals surface area contributed by atoms with Crippen LogP contribution in [0.5, 0.6) is 0 Å².